The molecule has 1 aliphatic heterocycles. The van der Waals surface area contributed by atoms with E-state index in [1.807, 2.05) is 4.90 Å². The van der Waals surface area contributed by atoms with E-state index in [9.17, 15) is 14.4 Å². The van der Waals surface area contributed by atoms with Gasteiger partial charge in [-0.1, -0.05) is 0 Å². The molecule has 18 heavy (non-hydrogen) atoms. The Hall–Kier alpha value is -1.89. The van der Waals surface area contributed by atoms with Gasteiger partial charge in [0.15, 0.2) is 0 Å². The molecule has 0 aliphatic carbocycles. The number of likely N-dealkylation sites (N-methyl/N-ethyl adjacent to an activating group) is 1. The molecule has 100 valence electrons. The van der Waals surface area contributed by atoms with Gasteiger partial charge in [-0.25, -0.2) is 4.79 Å². The van der Waals surface area contributed by atoms with Gasteiger partial charge in [-0.05, 0) is 0 Å². The first kappa shape index (κ1) is 14.2. The number of piperazine rings is 1. The van der Waals surface area contributed by atoms with Crippen molar-refractivity contribution in [1.29, 1.82) is 0 Å². The zero-order valence-electron chi connectivity index (χ0n) is 10.3. The zero-order valence-corrected chi connectivity index (χ0v) is 10.3. The molecule has 7 nitrogen and oxygen atoms in total. The number of nitrogens with one attached hydrogen (secondary N) is 1. The van der Waals surface area contributed by atoms with Crippen LogP contribution in [0.4, 0.5) is 0 Å². The third-order valence-corrected chi connectivity index (χ3v) is 2.70. The smallest absolute Gasteiger partial charge is 0.328 e. The number of carboxylic acid groups (broad SMARTS) is 1. The molecule has 0 radical (unpaired) electrons. The summed E-state index contributed by atoms with van der Waals surface area (Å²) in [4.78, 5) is 36.5. The summed E-state index contributed by atoms with van der Waals surface area (Å²) in [6, 6.07) is 0. The third kappa shape index (κ3) is 4.54. The molecule has 0 saturated carbocycles. The predicted octanol–water partition coefficient (Wildman–Crippen LogP) is -1.48. The number of nitrogens with zero attached hydrogens (tertiary/aromatic N) is 2. The minimum absolute atomic E-state index is 0.0550. The van der Waals surface area contributed by atoms with E-state index in [1.165, 1.54) is 0 Å². The van der Waals surface area contributed by atoms with Gasteiger partial charge in [-0.15, -0.1) is 0 Å². The van der Waals surface area contributed by atoms with Crippen molar-refractivity contribution in [1.82, 2.24) is 15.1 Å². The highest BCUT2D eigenvalue weighted by atomic mass is 16.4. The first-order valence-corrected chi connectivity index (χ1v) is 5.65. The lowest BCUT2D eigenvalue weighted by molar-refractivity contribution is -0.133. The summed E-state index contributed by atoms with van der Waals surface area (Å²) in [6.07, 6.45) is 1.88. The van der Waals surface area contributed by atoms with Crippen LogP contribution in [-0.4, -0.2) is 72.5 Å². The van der Waals surface area contributed by atoms with Gasteiger partial charge < -0.3 is 15.3 Å². The van der Waals surface area contributed by atoms with E-state index in [1.54, 1.807) is 11.9 Å². The molecule has 0 atom stereocenters. The number of aliphatic carboxylic acids is 1. The van der Waals surface area contributed by atoms with Gasteiger partial charge in [-0.3, -0.25) is 14.5 Å². The maximum Gasteiger partial charge on any atom is 0.328 e. The molecule has 1 fully saturated rings. The van der Waals surface area contributed by atoms with Crippen LogP contribution in [0.5, 0.6) is 0 Å². The monoisotopic (exact) mass is 255 g/mol. The Balaban J connectivity index is 2.37. The lowest BCUT2D eigenvalue weighted by atomic mass is 10.3. The molecule has 0 aromatic carbocycles. The predicted molar refractivity (Wildman–Crippen MR) is 63.9 cm³/mol. The van der Waals surface area contributed by atoms with Crippen LogP contribution in [0, 0.1) is 0 Å². The third-order valence-electron chi connectivity index (χ3n) is 2.70. The number of carbonyl (C=O) groups excluding carboxylic acids is 2. The highest BCUT2D eigenvalue weighted by molar-refractivity contribution is 5.93. The average molecular weight is 255 g/mol. The van der Waals surface area contributed by atoms with Crippen molar-refractivity contribution in [3.63, 3.8) is 0 Å². The Kier molecular flexibility index (Phi) is 5.31. The van der Waals surface area contributed by atoms with Crippen molar-refractivity contribution >= 4 is 17.8 Å². The van der Waals surface area contributed by atoms with Crippen LogP contribution >= 0.6 is 0 Å². The van der Waals surface area contributed by atoms with Gasteiger partial charge in [-0.2, -0.15) is 0 Å². The molecule has 0 aromatic rings. The van der Waals surface area contributed by atoms with Crippen molar-refractivity contribution in [2.75, 3.05) is 39.8 Å². The highest BCUT2D eigenvalue weighted by Crippen LogP contribution is 2.02. The maximum absolute atomic E-state index is 11.6. The zero-order chi connectivity index (χ0) is 13.5. The lowest BCUT2D eigenvalue weighted by Crippen LogP contribution is -2.50. The molecule has 2 amide bonds. The van der Waals surface area contributed by atoms with Gasteiger partial charge in [0.1, 0.15) is 0 Å². The summed E-state index contributed by atoms with van der Waals surface area (Å²) in [5, 5.41) is 11.0. The van der Waals surface area contributed by atoms with Gasteiger partial charge in [0, 0.05) is 45.4 Å². The van der Waals surface area contributed by atoms with Crippen LogP contribution in [0.25, 0.3) is 0 Å². The van der Waals surface area contributed by atoms with Gasteiger partial charge >= 0.3 is 5.97 Å². The molecule has 0 unspecified atom stereocenters. The van der Waals surface area contributed by atoms with E-state index in [4.69, 9.17) is 5.11 Å². The average Bonchev–Trinajstić information content (AvgIpc) is 2.36. The highest BCUT2D eigenvalue weighted by Gasteiger charge is 2.20. The number of carbonyl (C=O) groups is 3. The van der Waals surface area contributed by atoms with Crippen molar-refractivity contribution in [3.05, 3.63) is 12.2 Å². The van der Waals surface area contributed by atoms with E-state index >= 15 is 0 Å². The Morgan fingerprint density at radius 2 is 1.78 bits per heavy atom. The molecular formula is C11H17N3O4. The largest absolute Gasteiger partial charge is 0.478 e. The Bertz CT molecular complexity index is 359. The van der Waals surface area contributed by atoms with E-state index in [0.29, 0.717) is 32.7 Å². The summed E-state index contributed by atoms with van der Waals surface area (Å²) in [7, 11) is 1.58. The molecule has 7 heteroatoms. The van der Waals surface area contributed by atoms with Crippen LogP contribution in [-0.2, 0) is 14.4 Å². The summed E-state index contributed by atoms with van der Waals surface area (Å²) in [5.41, 5.74) is 0. The van der Waals surface area contributed by atoms with Crippen LogP contribution in [0.2, 0.25) is 0 Å². The van der Waals surface area contributed by atoms with E-state index in [0.717, 1.165) is 12.2 Å². The van der Waals surface area contributed by atoms with Crippen molar-refractivity contribution in [3.8, 4) is 0 Å². The number of amides is 2. The Morgan fingerprint density at radius 3 is 2.28 bits per heavy atom. The minimum Gasteiger partial charge on any atom is -0.478 e. The quantitative estimate of drug-likeness (QED) is 0.598. The molecule has 2 N–H and O–H groups in total. The van der Waals surface area contributed by atoms with E-state index in [-0.39, 0.29) is 11.8 Å². The first-order valence-electron chi connectivity index (χ1n) is 5.65. The second kappa shape index (κ2) is 6.75. The molecule has 1 heterocycles. The van der Waals surface area contributed by atoms with Crippen LogP contribution in [0.3, 0.4) is 0 Å². The first-order chi connectivity index (χ1) is 8.52. The summed E-state index contributed by atoms with van der Waals surface area (Å²) < 4.78 is 0. The number of carboxylic acids is 1. The summed E-state index contributed by atoms with van der Waals surface area (Å²) in [5.74, 6) is -1.50. The maximum atomic E-state index is 11.6. The fourth-order valence-corrected chi connectivity index (χ4v) is 1.66. The van der Waals surface area contributed by atoms with Crippen molar-refractivity contribution < 1.29 is 19.5 Å². The van der Waals surface area contributed by atoms with Gasteiger partial charge in [0.2, 0.25) is 11.8 Å². The molecule has 1 saturated heterocycles. The van der Waals surface area contributed by atoms with Crippen LogP contribution in [0.1, 0.15) is 0 Å². The Morgan fingerprint density at radius 1 is 1.17 bits per heavy atom. The number of hydrogen-bond acceptors (Lipinski definition) is 4. The fraction of sp³-hybridized carbons (Fsp3) is 0.545. The molecule has 0 aromatic heterocycles. The SMILES string of the molecule is CNC(=O)CN1CCN(C(=O)C=CC(=O)O)CC1. The molecule has 0 spiro atoms. The van der Waals surface area contributed by atoms with Crippen molar-refractivity contribution in [2.45, 2.75) is 0 Å². The fourth-order valence-electron chi connectivity index (χ4n) is 1.66. The summed E-state index contributed by atoms with van der Waals surface area (Å²) in [6.45, 7) is 2.54. The summed E-state index contributed by atoms with van der Waals surface area (Å²) >= 11 is 0. The molecule has 1 rings (SSSR count). The van der Waals surface area contributed by atoms with E-state index < -0.39 is 5.97 Å². The second-order valence-electron chi connectivity index (χ2n) is 3.95. The number of rotatable bonds is 4. The Labute approximate surface area is 105 Å². The second-order valence-corrected chi connectivity index (χ2v) is 3.95. The van der Waals surface area contributed by atoms with E-state index in [2.05, 4.69) is 5.32 Å². The topological polar surface area (TPSA) is 90.0 Å². The van der Waals surface area contributed by atoms with Crippen LogP contribution in [0.15, 0.2) is 12.2 Å². The lowest BCUT2D eigenvalue weighted by Gasteiger charge is -2.33. The van der Waals surface area contributed by atoms with Crippen LogP contribution < -0.4 is 5.32 Å². The molecule has 1 aliphatic rings. The van der Waals surface area contributed by atoms with Gasteiger partial charge in [0.05, 0.1) is 6.54 Å². The minimum atomic E-state index is -1.14. The normalized spacial score (nSPS) is 16.8. The van der Waals surface area contributed by atoms with Gasteiger partial charge in [0.25, 0.3) is 0 Å². The standard InChI is InChI=1S/C11H17N3O4/c1-12-9(15)8-13-4-6-14(7-5-13)10(16)2-3-11(17)18/h2-3H,4-8H2,1H3,(H,12,15)(H,17,18). The number of hydrogen-bond donors (Lipinski definition) is 2. The molecular weight excluding hydrogens is 238 g/mol. The van der Waals surface area contributed by atoms with Crippen molar-refractivity contribution in [2.24, 2.45) is 0 Å². The molecule has 0 bridgehead atoms.